The Hall–Kier alpha value is -3.22. The Morgan fingerprint density at radius 1 is 1.07 bits per heavy atom. The molecule has 0 aliphatic carbocycles. The molecule has 5 nitrogen and oxygen atoms in total. The lowest BCUT2D eigenvalue weighted by Crippen LogP contribution is -2.36. The smallest absolute Gasteiger partial charge is 0.268 e. The van der Waals surface area contributed by atoms with Gasteiger partial charge >= 0.3 is 0 Å². The summed E-state index contributed by atoms with van der Waals surface area (Å²) in [4.78, 5) is 24.9. The molecule has 0 unspecified atom stereocenters. The van der Waals surface area contributed by atoms with Crippen LogP contribution in [0.25, 0.3) is 6.08 Å². The molecule has 2 aromatic carbocycles. The van der Waals surface area contributed by atoms with Crippen LogP contribution in [-0.4, -0.2) is 31.4 Å². The number of halogens is 2. The van der Waals surface area contributed by atoms with Crippen molar-refractivity contribution in [2.24, 2.45) is 0 Å². The van der Waals surface area contributed by atoms with Crippen LogP contribution in [0.1, 0.15) is 34.8 Å². The van der Waals surface area contributed by atoms with E-state index in [1.807, 2.05) is 26.0 Å². The molecule has 0 heterocycles. The van der Waals surface area contributed by atoms with Crippen molar-refractivity contribution in [1.82, 2.24) is 10.6 Å². The Bertz CT molecular complexity index is 847. The van der Waals surface area contributed by atoms with Crippen molar-refractivity contribution >= 4 is 17.9 Å². The van der Waals surface area contributed by atoms with Gasteiger partial charge in [-0.05, 0) is 49.2 Å². The molecule has 0 saturated carbocycles. The lowest BCUT2D eigenvalue weighted by atomic mass is 10.1. The minimum absolute atomic E-state index is 0.120. The SMILES string of the molecule is CCCOc1ccc(C(=O)N/C(=C\c2ccc(C)cc2)C(=O)NCC(F)F)cc1. The van der Waals surface area contributed by atoms with Gasteiger partial charge in [0.1, 0.15) is 11.4 Å². The lowest BCUT2D eigenvalue weighted by molar-refractivity contribution is -0.118. The Labute approximate surface area is 168 Å². The van der Waals surface area contributed by atoms with Crippen LogP contribution in [0.4, 0.5) is 8.78 Å². The molecule has 0 spiro atoms. The highest BCUT2D eigenvalue weighted by molar-refractivity contribution is 6.05. The van der Waals surface area contributed by atoms with Crippen molar-refractivity contribution in [2.75, 3.05) is 13.2 Å². The zero-order chi connectivity index (χ0) is 21.2. The van der Waals surface area contributed by atoms with Gasteiger partial charge in [-0.25, -0.2) is 8.78 Å². The summed E-state index contributed by atoms with van der Waals surface area (Å²) in [6.07, 6.45) is -0.383. The molecular formula is C22H24F2N2O3. The van der Waals surface area contributed by atoms with E-state index in [1.54, 1.807) is 36.4 Å². The van der Waals surface area contributed by atoms with Crippen LogP contribution in [-0.2, 0) is 4.79 Å². The number of aryl methyl sites for hydroxylation is 1. The molecule has 2 amide bonds. The first kappa shape index (κ1) is 22.1. The third-order valence-electron chi connectivity index (χ3n) is 3.89. The highest BCUT2D eigenvalue weighted by Crippen LogP contribution is 2.14. The van der Waals surface area contributed by atoms with Gasteiger partial charge in [-0.2, -0.15) is 0 Å². The van der Waals surface area contributed by atoms with E-state index in [0.717, 1.165) is 12.0 Å². The number of ether oxygens (including phenoxy) is 1. The van der Waals surface area contributed by atoms with E-state index in [1.165, 1.54) is 6.08 Å². The quantitative estimate of drug-likeness (QED) is 0.625. The third-order valence-corrected chi connectivity index (χ3v) is 3.89. The fourth-order valence-electron chi connectivity index (χ4n) is 2.37. The van der Waals surface area contributed by atoms with E-state index in [9.17, 15) is 18.4 Å². The Kier molecular flexibility index (Phi) is 8.33. The van der Waals surface area contributed by atoms with Crippen molar-refractivity contribution < 1.29 is 23.1 Å². The largest absolute Gasteiger partial charge is 0.494 e. The van der Waals surface area contributed by atoms with Gasteiger partial charge in [0.05, 0.1) is 13.2 Å². The van der Waals surface area contributed by atoms with E-state index >= 15 is 0 Å². The number of rotatable bonds is 9. The van der Waals surface area contributed by atoms with E-state index in [2.05, 4.69) is 10.6 Å². The van der Waals surface area contributed by atoms with Crippen LogP contribution in [0.2, 0.25) is 0 Å². The number of alkyl halides is 2. The summed E-state index contributed by atoms with van der Waals surface area (Å²) in [5.41, 5.74) is 1.87. The summed E-state index contributed by atoms with van der Waals surface area (Å²) in [6, 6.07) is 13.7. The predicted molar refractivity (Wildman–Crippen MR) is 108 cm³/mol. The second kappa shape index (κ2) is 10.9. The van der Waals surface area contributed by atoms with Crippen LogP contribution in [0.15, 0.2) is 54.2 Å². The molecule has 0 radical (unpaired) electrons. The van der Waals surface area contributed by atoms with Gasteiger partial charge in [0.15, 0.2) is 0 Å². The van der Waals surface area contributed by atoms with E-state index in [0.29, 0.717) is 23.5 Å². The average molecular weight is 402 g/mol. The fourth-order valence-corrected chi connectivity index (χ4v) is 2.37. The van der Waals surface area contributed by atoms with E-state index in [-0.39, 0.29) is 5.70 Å². The van der Waals surface area contributed by atoms with Crippen molar-refractivity contribution in [2.45, 2.75) is 26.7 Å². The number of hydrogen-bond acceptors (Lipinski definition) is 3. The van der Waals surface area contributed by atoms with Crippen LogP contribution in [0, 0.1) is 6.92 Å². The average Bonchev–Trinajstić information content (AvgIpc) is 2.71. The maximum absolute atomic E-state index is 12.5. The summed E-state index contributed by atoms with van der Waals surface area (Å²) in [5.74, 6) is -0.687. The van der Waals surface area contributed by atoms with Gasteiger partial charge in [-0.3, -0.25) is 9.59 Å². The second-order valence-electron chi connectivity index (χ2n) is 6.40. The highest BCUT2D eigenvalue weighted by atomic mass is 19.3. The maximum atomic E-state index is 12.5. The Balaban J connectivity index is 2.18. The van der Waals surface area contributed by atoms with E-state index in [4.69, 9.17) is 4.74 Å². The summed E-state index contributed by atoms with van der Waals surface area (Å²) in [6.45, 7) is 3.67. The third kappa shape index (κ3) is 7.37. The Morgan fingerprint density at radius 2 is 1.72 bits per heavy atom. The Morgan fingerprint density at radius 3 is 2.31 bits per heavy atom. The first-order valence-corrected chi connectivity index (χ1v) is 9.28. The zero-order valence-corrected chi connectivity index (χ0v) is 16.4. The predicted octanol–water partition coefficient (Wildman–Crippen LogP) is 3.94. The van der Waals surface area contributed by atoms with Crippen molar-refractivity contribution in [3.8, 4) is 5.75 Å². The standard InChI is InChI=1S/C22H24F2N2O3/c1-3-12-29-18-10-8-17(9-11-18)21(27)26-19(22(28)25-14-20(23)24)13-16-6-4-15(2)5-7-16/h4-11,13,20H,3,12,14H2,1-2H3,(H,25,28)(H,26,27)/b19-13-. The lowest BCUT2D eigenvalue weighted by Gasteiger charge is -2.12. The summed E-state index contributed by atoms with van der Waals surface area (Å²) in [5, 5.41) is 4.62. The minimum Gasteiger partial charge on any atom is -0.494 e. The molecule has 2 aromatic rings. The number of hydrogen-bond donors (Lipinski definition) is 2. The van der Waals surface area contributed by atoms with Gasteiger partial charge in [0, 0.05) is 5.56 Å². The number of amides is 2. The molecule has 0 aromatic heterocycles. The molecule has 2 rings (SSSR count). The molecular weight excluding hydrogens is 378 g/mol. The molecule has 0 aliphatic heterocycles. The maximum Gasteiger partial charge on any atom is 0.268 e. The van der Waals surface area contributed by atoms with Crippen molar-refractivity contribution in [1.29, 1.82) is 0 Å². The molecule has 29 heavy (non-hydrogen) atoms. The van der Waals surface area contributed by atoms with Crippen LogP contribution in [0.3, 0.4) is 0 Å². The normalized spacial score (nSPS) is 11.3. The number of nitrogens with one attached hydrogen (secondary N) is 2. The second-order valence-corrected chi connectivity index (χ2v) is 6.40. The fraction of sp³-hybridized carbons (Fsp3) is 0.273. The van der Waals surface area contributed by atoms with Crippen molar-refractivity contribution in [3.05, 3.63) is 70.9 Å². The van der Waals surface area contributed by atoms with Crippen molar-refractivity contribution in [3.63, 3.8) is 0 Å². The molecule has 0 fully saturated rings. The number of benzene rings is 2. The first-order valence-electron chi connectivity index (χ1n) is 9.28. The molecule has 154 valence electrons. The summed E-state index contributed by atoms with van der Waals surface area (Å²) >= 11 is 0. The van der Waals surface area contributed by atoms with E-state index < -0.39 is 24.8 Å². The zero-order valence-electron chi connectivity index (χ0n) is 16.4. The topological polar surface area (TPSA) is 67.4 Å². The number of carbonyl (C=O) groups is 2. The summed E-state index contributed by atoms with van der Waals surface area (Å²) < 4.78 is 30.4. The molecule has 0 aliphatic rings. The van der Waals surface area contributed by atoms with Crippen LogP contribution < -0.4 is 15.4 Å². The van der Waals surface area contributed by atoms with Gasteiger partial charge in [0.25, 0.3) is 18.2 Å². The molecule has 7 heteroatoms. The molecule has 0 saturated heterocycles. The van der Waals surface area contributed by atoms with Gasteiger partial charge in [0.2, 0.25) is 0 Å². The van der Waals surface area contributed by atoms with Crippen LogP contribution >= 0.6 is 0 Å². The molecule has 2 N–H and O–H groups in total. The van der Waals surface area contributed by atoms with Gasteiger partial charge < -0.3 is 15.4 Å². The highest BCUT2D eigenvalue weighted by Gasteiger charge is 2.16. The first-order chi connectivity index (χ1) is 13.9. The van der Waals surface area contributed by atoms with Gasteiger partial charge in [-0.1, -0.05) is 36.8 Å². The number of carbonyl (C=O) groups excluding carboxylic acids is 2. The summed E-state index contributed by atoms with van der Waals surface area (Å²) in [7, 11) is 0. The molecule has 0 atom stereocenters. The van der Waals surface area contributed by atoms with Gasteiger partial charge in [-0.15, -0.1) is 0 Å². The monoisotopic (exact) mass is 402 g/mol. The van der Waals surface area contributed by atoms with Crippen LogP contribution in [0.5, 0.6) is 5.75 Å². The minimum atomic E-state index is -2.69. The molecule has 0 bridgehead atoms.